The number of benzene rings is 2. The van der Waals surface area contributed by atoms with Crippen molar-refractivity contribution in [3.05, 3.63) is 62.6 Å². The highest BCUT2D eigenvalue weighted by atomic mass is 79.9. The molecule has 2 rings (SSSR count). The average molecular weight is 369 g/mol. The number of hydrogen-bond donors (Lipinski definition) is 2. The van der Waals surface area contributed by atoms with Gasteiger partial charge in [0.2, 0.25) is 0 Å². The normalized spacial score (nSPS) is 10.2. The Bertz CT molecular complexity index is 731. The highest BCUT2D eigenvalue weighted by Crippen LogP contribution is 2.27. The molecule has 0 radical (unpaired) electrons. The van der Waals surface area contributed by atoms with Crippen LogP contribution >= 0.6 is 27.5 Å². The van der Waals surface area contributed by atoms with Gasteiger partial charge in [-0.3, -0.25) is 4.79 Å². The third-order valence-corrected chi connectivity index (χ3v) is 4.21. The van der Waals surface area contributed by atoms with Crippen LogP contribution in [0, 0.1) is 6.92 Å². The van der Waals surface area contributed by atoms with Crippen LogP contribution in [0.3, 0.4) is 0 Å². The Morgan fingerprint density at radius 2 is 1.90 bits per heavy atom. The molecule has 0 aliphatic heterocycles. The van der Waals surface area contributed by atoms with Crippen molar-refractivity contribution in [2.24, 2.45) is 0 Å². The van der Waals surface area contributed by atoms with Crippen LogP contribution in [-0.2, 0) is 0 Å². The Balaban J connectivity index is 2.26. The molecule has 0 fully saturated rings. The number of aromatic carboxylic acids is 1. The second-order valence-corrected chi connectivity index (χ2v) is 5.62. The van der Waals surface area contributed by atoms with Gasteiger partial charge < -0.3 is 10.4 Å². The summed E-state index contributed by atoms with van der Waals surface area (Å²) in [5.74, 6) is -1.36. The Labute approximate surface area is 134 Å². The number of nitrogens with one attached hydrogen (secondary N) is 1. The molecule has 4 nitrogen and oxygen atoms in total. The predicted molar refractivity (Wildman–Crippen MR) is 85.2 cm³/mol. The molecule has 2 N–H and O–H groups in total. The first-order chi connectivity index (χ1) is 9.90. The summed E-state index contributed by atoms with van der Waals surface area (Å²) < 4.78 is 0.634. The van der Waals surface area contributed by atoms with Crippen LogP contribution < -0.4 is 5.32 Å². The summed E-state index contributed by atoms with van der Waals surface area (Å²) in [6.07, 6.45) is 0. The van der Waals surface area contributed by atoms with E-state index >= 15 is 0 Å². The molecule has 0 aliphatic carbocycles. The molecule has 0 saturated heterocycles. The second-order valence-electron chi connectivity index (χ2n) is 4.39. The fourth-order valence-corrected chi connectivity index (χ4v) is 2.44. The third-order valence-electron chi connectivity index (χ3n) is 2.91. The quantitative estimate of drug-likeness (QED) is 0.846. The van der Waals surface area contributed by atoms with Crippen molar-refractivity contribution in [3.63, 3.8) is 0 Å². The van der Waals surface area contributed by atoms with Crippen molar-refractivity contribution in [2.45, 2.75) is 6.92 Å². The number of carbonyl (C=O) groups excluding carboxylic acids is 1. The Kier molecular flexibility index (Phi) is 4.65. The van der Waals surface area contributed by atoms with Gasteiger partial charge in [0, 0.05) is 10.2 Å². The minimum atomic E-state index is -1.000. The number of halogens is 2. The SMILES string of the molecule is Cc1cc(NC(=O)c2cccc(Br)c2Cl)ccc1C(=O)O. The van der Waals surface area contributed by atoms with Crippen molar-refractivity contribution < 1.29 is 14.7 Å². The zero-order chi connectivity index (χ0) is 15.6. The number of aryl methyl sites for hydroxylation is 1. The van der Waals surface area contributed by atoms with E-state index in [0.29, 0.717) is 26.3 Å². The number of carbonyl (C=O) groups is 2. The van der Waals surface area contributed by atoms with Gasteiger partial charge in [-0.05, 0) is 58.7 Å². The van der Waals surface area contributed by atoms with Gasteiger partial charge in [-0.1, -0.05) is 17.7 Å². The lowest BCUT2D eigenvalue weighted by atomic mass is 10.1. The van der Waals surface area contributed by atoms with Crippen LogP contribution in [0.15, 0.2) is 40.9 Å². The van der Waals surface area contributed by atoms with Crippen LogP contribution in [0.5, 0.6) is 0 Å². The van der Waals surface area contributed by atoms with Gasteiger partial charge in [-0.2, -0.15) is 0 Å². The van der Waals surface area contributed by atoms with E-state index in [1.165, 1.54) is 6.07 Å². The van der Waals surface area contributed by atoms with E-state index in [1.807, 2.05) is 0 Å². The maximum Gasteiger partial charge on any atom is 0.335 e. The Morgan fingerprint density at radius 1 is 1.19 bits per heavy atom. The van der Waals surface area contributed by atoms with Crippen LogP contribution in [0.1, 0.15) is 26.3 Å². The number of carboxylic acids is 1. The van der Waals surface area contributed by atoms with Crippen molar-refractivity contribution in [1.82, 2.24) is 0 Å². The number of amides is 1. The fourth-order valence-electron chi connectivity index (χ4n) is 1.86. The number of hydrogen-bond acceptors (Lipinski definition) is 2. The topological polar surface area (TPSA) is 66.4 Å². The molecule has 0 bridgehead atoms. The average Bonchev–Trinajstić information content (AvgIpc) is 2.41. The lowest BCUT2D eigenvalue weighted by molar-refractivity contribution is 0.0696. The first-order valence-corrected chi connectivity index (χ1v) is 7.16. The molecule has 0 atom stereocenters. The van der Waals surface area contributed by atoms with E-state index in [2.05, 4.69) is 21.2 Å². The lowest BCUT2D eigenvalue weighted by Gasteiger charge is -2.09. The number of anilines is 1. The highest BCUT2D eigenvalue weighted by Gasteiger charge is 2.13. The summed E-state index contributed by atoms with van der Waals surface area (Å²) in [6, 6.07) is 9.67. The molecule has 2 aromatic carbocycles. The molecule has 1 amide bonds. The molecule has 108 valence electrons. The maximum absolute atomic E-state index is 12.2. The maximum atomic E-state index is 12.2. The standard InChI is InChI=1S/C15H11BrClNO3/c1-8-7-9(5-6-10(8)15(20)21)18-14(19)11-3-2-4-12(16)13(11)17/h2-7H,1H3,(H,18,19)(H,20,21). The number of carboxylic acid groups (broad SMARTS) is 1. The van der Waals surface area contributed by atoms with E-state index in [-0.39, 0.29) is 11.5 Å². The minimum Gasteiger partial charge on any atom is -0.478 e. The monoisotopic (exact) mass is 367 g/mol. The summed E-state index contributed by atoms with van der Waals surface area (Å²) in [6.45, 7) is 1.67. The third kappa shape index (κ3) is 3.43. The van der Waals surface area contributed by atoms with Gasteiger partial charge in [-0.15, -0.1) is 0 Å². The molecular formula is C15H11BrClNO3. The highest BCUT2D eigenvalue weighted by molar-refractivity contribution is 9.10. The van der Waals surface area contributed by atoms with Gasteiger partial charge >= 0.3 is 5.97 Å². The molecule has 0 saturated carbocycles. The molecule has 0 aliphatic rings. The zero-order valence-corrected chi connectivity index (χ0v) is 13.3. The molecular weight excluding hydrogens is 358 g/mol. The van der Waals surface area contributed by atoms with Crippen LogP contribution in [0.4, 0.5) is 5.69 Å². The van der Waals surface area contributed by atoms with E-state index in [0.717, 1.165) is 0 Å². The fraction of sp³-hybridized carbons (Fsp3) is 0.0667. The minimum absolute atomic E-state index is 0.202. The first-order valence-electron chi connectivity index (χ1n) is 5.99. The van der Waals surface area contributed by atoms with Gasteiger partial charge in [0.1, 0.15) is 0 Å². The van der Waals surface area contributed by atoms with E-state index < -0.39 is 5.97 Å². The lowest BCUT2D eigenvalue weighted by Crippen LogP contribution is -2.13. The van der Waals surface area contributed by atoms with Crippen molar-refractivity contribution >= 4 is 45.1 Å². The second kappa shape index (κ2) is 6.28. The number of rotatable bonds is 3. The molecule has 0 heterocycles. The van der Waals surface area contributed by atoms with Crippen molar-refractivity contribution in [3.8, 4) is 0 Å². The Hall–Kier alpha value is -1.85. The molecule has 2 aromatic rings. The van der Waals surface area contributed by atoms with E-state index in [1.54, 1.807) is 37.3 Å². The smallest absolute Gasteiger partial charge is 0.335 e. The van der Waals surface area contributed by atoms with Crippen LogP contribution in [0.2, 0.25) is 5.02 Å². The predicted octanol–water partition coefficient (Wildman–Crippen LogP) is 4.36. The summed E-state index contributed by atoms with van der Waals surface area (Å²) >= 11 is 9.33. The summed E-state index contributed by atoms with van der Waals surface area (Å²) in [4.78, 5) is 23.1. The molecule has 0 aromatic heterocycles. The van der Waals surface area contributed by atoms with Gasteiger partial charge in [0.15, 0.2) is 0 Å². The molecule has 21 heavy (non-hydrogen) atoms. The van der Waals surface area contributed by atoms with Crippen LogP contribution in [-0.4, -0.2) is 17.0 Å². The molecule has 6 heteroatoms. The molecule has 0 spiro atoms. The zero-order valence-electron chi connectivity index (χ0n) is 11.0. The van der Waals surface area contributed by atoms with Gasteiger partial charge in [0.25, 0.3) is 5.91 Å². The largest absolute Gasteiger partial charge is 0.478 e. The van der Waals surface area contributed by atoms with Crippen molar-refractivity contribution in [1.29, 1.82) is 0 Å². The van der Waals surface area contributed by atoms with E-state index in [9.17, 15) is 9.59 Å². The first kappa shape index (κ1) is 15.5. The molecule has 0 unspecified atom stereocenters. The van der Waals surface area contributed by atoms with Gasteiger partial charge in [0.05, 0.1) is 16.1 Å². The summed E-state index contributed by atoms with van der Waals surface area (Å²) in [5.41, 5.74) is 1.62. The van der Waals surface area contributed by atoms with Crippen LogP contribution in [0.25, 0.3) is 0 Å². The Morgan fingerprint density at radius 3 is 2.52 bits per heavy atom. The van der Waals surface area contributed by atoms with Crippen molar-refractivity contribution in [2.75, 3.05) is 5.32 Å². The van der Waals surface area contributed by atoms with E-state index in [4.69, 9.17) is 16.7 Å². The summed E-state index contributed by atoms with van der Waals surface area (Å²) in [5, 5.41) is 12.0. The van der Waals surface area contributed by atoms with Gasteiger partial charge in [-0.25, -0.2) is 4.79 Å². The summed E-state index contributed by atoms with van der Waals surface area (Å²) in [7, 11) is 0.